The van der Waals surface area contributed by atoms with Crippen LogP contribution >= 0.6 is 0 Å². The van der Waals surface area contributed by atoms with Crippen LogP contribution in [0.25, 0.3) is 22.3 Å². The topological polar surface area (TPSA) is 46.5 Å². The number of hydrogen-bond donors (Lipinski definition) is 1. The number of hydrogen-bond acceptors (Lipinski definition) is 2. The minimum absolute atomic E-state index is 0.315. The monoisotopic (exact) mass is 360 g/mol. The van der Waals surface area contributed by atoms with Crippen molar-refractivity contribution in [2.45, 2.75) is 26.2 Å². The fourth-order valence-corrected chi connectivity index (χ4v) is 3.05. The van der Waals surface area contributed by atoms with Gasteiger partial charge in [-0.25, -0.2) is 4.79 Å². The maximum absolute atomic E-state index is 11.4. The van der Waals surface area contributed by atoms with E-state index in [0.717, 1.165) is 41.0 Å². The van der Waals surface area contributed by atoms with E-state index in [-0.39, 0.29) is 0 Å². The first-order valence-electron chi connectivity index (χ1n) is 9.35. The summed E-state index contributed by atoms with van der Waals surface area (Å²) in [5.41, 5.74) is 4.13. The maximum atomic E-state index is 11.4. The highest BCUT2D eigenvalue weighted by Gasteiger charge is 2.10. The normalized spacial score (nSPS) is 10.6. The number of unbranched alkanes of at least 4 members (excludes halogenated alkanes) is 2. The Labute approximate surface area is 160 Å². The van der Waals surface area contributed by atoms with E-state index in [1.807, 2.05) is 48.5 Å². The quantitative estimate of drug-likeness (QED) is 0.480. The van der Waals surface area contributed by atoms with Crippen LogP contribution in [0.1, 0.15) is 36.5 Å². The standard InChI is InChI=1S/C24H24O3/c1-2-3-6-17-27-21-15-13-19(14-16-21)18-9-11-20(12-10-18)22-7-4-5-8-23(22)24(25)26/h4-5,7-16H,2-3,6,17H2,1H3,(H,25,26). The van der Waals surface area contributed by atoms with Gasteiger partial charge in [0.1, 0.15) is 5.75 Å². The molecule has 27 heavy (non-hydrogen) atoms. The molecule has 0 bridgehead atoms. The van der Waals surface area contributed by atoms with E-state index in [2.05, 4.69) is 19.1 Å². The summed E-state index contributed by atoms with van der Waals surface area (Å²) in [7, 11) is 0. The van der Waals surface area contributed by atoms with Gasteiger partial charge in [0.2, 0.25) is 0 Å². The van der Waals surface area contributed by atoms with Crippen molar-refractivity contribution in [1.29, 1.82) is 0 Å². The Morgan fingerprint density at radius 1 is 0.815 bits per heavy atom. The number of benzene rings is 3. The number of carboxylic acid groups (broad SMARTS) is 1. The van der Waals surface area contributed by atoms with Crippen LogP contribution in [0.2, 0.25) is 0 Å². The van der Waals surface area contributed by atoms with Crippen molar-refractivity contribution in [3.63, 3.8) is 0 Å². The molecule has 0 aliphatic rings. The molecule has 0 aliphatic heterocycles. The molecule has 3 aromatic carbocycles. The summed E-state index contributed by atoms with van der Waals surface area (Å²) < 4.78 is 5.76. The molecule has 3 heteroatoms. The molecule has 0 atom stereocenters. The maximum Gasteiger partial charge on any atom is 0.336 e. The number of carboxylic acids is 1. The summed E-state index contributed by atoms with van der Waals surface area (Å²) in [5.74, 6) is -0.0222. The molecule has 3 rings (SSSR count). The van der Waals surface area contributed by atoms with Crippen molar-refractivity contribution in [1.82, 2.24) is 0 Å². The smallest absolute Gasteiger partial charge is 0.336 e. The van der Waals surface area contributed by atoms with Crippen LogP contribution in [-0.2, 0) is 0 Å². The molecule has 0 aliphatic carbocycles. The van der Waals surface area contributed by atoms with Crippen LogP contribution in [0.3, 0.4) is 0 Å². The molecule has 1 N–H and O–H groups in total. The third kappa shape index (κ3) is 4.76. The lowest BCUT2D eigenvalue weighted by atomic mass is 9.97. The van der Waals surface area contributed by atoms with Crippen LogP contribution in [0.5, 0.6) is 5.75 Å². The Morgan fingerprint density at radius 3 is 2.04 bits per heavy atom. The minimum Gasteiger partial charge on any atom is -0.494 e. The summed E-state index contributed by atoms with van der Waals surface area (Å²) in [6.45, 7) is 2.94. The van der Waals surface area contributed by atoms with Gasteiger partial charge in [-0.2, -0.15) is 0 Å². The van der Waals surface area contributed by atoms with Gasteiger partial charge in [0.15, 0.2) is 0 Å². The molecule has 0 aromatic heterocycles. The molecule has 0 amide bonds. The third-order valence-electron chi connectivity index (χ3n) is 4.56. The van der Waals surface area contributed by atoms with Crippen LogP contribution in [0.4, 0.5) is 0 Å². The summed E-state index contributed by atoms with van der Waals surface area (Å²) in [5, 5.41) is 9.37. The molecular formula is C24H24O3. The molecular weight excluding hydrogens is 336 g/mol. The summed E-state index contributed by atoms with van der Waals surface area (Å²) >= 11 is 0. The Bertz CT molecular complexity index is 880. The zero-order valence-electron chi connectivity index (χ0n) is 15.5. The SMILES string of the molecule is CCCCCOc1ccc(-c2ccc(-c3ccccc3C(=O)O)cc2)cc1. The number of ether oxygens (including phenoxy) is 1. The highest BCUT2D eigenvalue weighted by atomic mass is 16.5. The largest absolute Gasteiger partial charge is 0.494 e. The van der Waals surface area contributed by atoms with Crippen molar-refractivity contribution < 1.29 is 14.6 Å². The molecule has 0 spiro atoms. The highest BCUT2D eigenvalue weighted by molar-refractivity contribution is 5.96. The lowest BCUT2D eigenvalue weighted by Crippen LogP contribution is -1.98. The van der Waals surface area contributed by atoms with E-state index in [0.29, 0.717) is 5.56 Å². The van der Waals surface area contributed by atoms with Gasteiger partial charge in [0.05, 0.1) is 12.2 Å². The number of rotatable bonds is 8. The second-order valence-corrected chi connectivity index (χ2v) is 6.51. The predicted octanol–water partition coefficient (Wildman–Crippen LogP) is 6.29. The van der Waals surface area contributed by atoms with Gasteiger partial charge in [-0.3, -0.25) is 0 Å². The molecule has 0 radical (unpaired) electrons. The Morgan fingerprint density at radius 2 is 1.41 bits per heavy atom. The van der Waals surface area contributed by atoms with Gasteiger partial charge in [-0.1, -0.05) is 74.4 Å². The van der Waals surface area contributed by atoms with Gasteiger partial charge < -0.3 is 9.84 Å². The van der Waals surface area contributed by atoms with Crippen LogP contribution in [0.15, 0.2) is 72.8 Å². The first-order valence-corrected chi connectivity index (χ1v) is 9.35. The number of aromatic carboxylic acids is 1. The van der Waals surface area contributed by atoms with Gasteiger partial charge in [-0.15, -0.1) is 0 Å². The predicted molar refractivity (Wildman–Crippen MR) is 109 cm³/mol. The van der Waals surface area contributed by atoms with Crippen LogP contribution < -0.4 is 4.74 Å². The zero-order chi connectivity index (χ0) is 19.1. The van der Waals surface area contributed by atoms with Gasteiger partial charge in [0.25, 0.3) is 0 Å². The third-order valence-corrected chi connectivity index (χ3v) is 4.56. The average Bonchev–Trinajstić information content (AvgIpc) is 2.72. The molecule has 138 valence electrons. The van der Waals surface area contributed by atoms with Crippen molar-refractivity contribution in [3.05, 3.63) is 78.4 Å². The average molecular weight is 360 g/mol. The second-order valence-electron chi connectivity index (χ2n) is 6.51. The van der Waals surface area contributed by atoms with Gasteiger partial charge in [-0.05, 0) is 46.9 Å². The van der Waals surface area contributed by atoms with Gasteiger partial charge >= 0.3 is 5.97 Å². The van der Waals surface area contributed by atoms with Crippen LogP contribution in [-0.4, -0.2) is 17.7 Å². The molecule has 0 fully saturated rings. The molecule has 0 heterocycles. The van der Waals surface area contributed by atoms with E-state index < -0.39 is 5.97 Å². The van der Waals surface area contributed by atoms with Crippen molar-refractivity contribution in [2.24, 2.45) is 0 Å². The summed E-state index contributed by atoms with van der Waals surface area (Å²) in [6.07, 6.45) is 3.46. The fraction of sp³-hybridized carbons (Fsp3) is 0.208. The number of carbonyl (C=O) groups is 1. The van der Waals surface area contributed by atoms with E-state index in [4.69, 9.17) is 4.74 Å². The molecule has 3 aromatic rings. The minimum atomic E-state index is -0.913. The van der Waals surface area contributed by atoms with Crippen molar-refractivity contribution in [2.75, 3.05) is 6.61 Å². The second kappa shape index (κ2) is 9.04. The van der Waals surface area contributed by atoms with E-state index in [9.17, 15) is 9.90 Å². The summed E-state index contributed by atoms with van der Waals surface area (Å²) in [4.78, 5) is 11.4. The first-order chi connectivity index (χ1) is 13.2. The van der Waals surface area contributed by atoms with Crippen LogP contribution in [0, 0.1) is 0 Å². The van der Waals surface area contributed by atoms with Crippen molar-refractivity contribution >= 4 is 5.97 Å². The summed E-state index contributed by atoms with van der Waals surface area (Å²) in [6, 6.07) is 23.1. The Balaban J connectivity index is 1.73. The fourth-order valence-electron chi connectivity index (χ4n) is 3.05. The zero-order valence-corrected chi connectivity index (χ0v) is 15.5. The highest BCUT2D eigenvalue weighted by Crippen LogP contribution is 2.28. The van der Waals surface area contributed by atoms with Gasteiger partial charge in [0, 0.05) is 0 Å². The van der Waals surface area contributed by atoms with E-state index in [1.165, 1.54) is 12.8 Å². The lowest BCUT2D eigenvalue weighted by Gasteiger charge is -2.09. The Kier molecular flexibility index (Phi) is 6.26. The Hall–Kier alpha value is -3.07. The molecule has 0 saturated carbocycles. The first kappa shape index (κ1) is 18.7. The van der Waals surface area contributed by atoms with E-state index >= 15 is 0 Å². The van der Waals surface area contributed by atoms with E-state index in [1.54, 1.807) is 12.1 Å². The molecule has 0 saturated heterocycles. The lowest BCUT2D eigenvalue weighted by molar-refractivity contribution is 0.0697. The van der Waals surface area contributed by atoms with Crippen molar-refractivity contribution in [3.8, 4) is 28.0 Å². The molecule has 3 nitrogen and oxygen atoms in total. The molecule has 0 unspecified atom stereocenters.